The molecule has 0 N–H and O–H groups in total. The Morgan fingerprint density at radius 1 is 1.09 bits per heavy atom. The monoisotopic (exact) mass is 167 g/mol. The molecule has 0 saturated carbocycles. The molecule has 0 radical (unpaired) electrons. The summed E-state index contributed by atoms with van der Waals surface area (Å²) in [5.74, 6) is 0. The van der Waals surface area contributed by atoms with Crippen molar-refractivity contribution in [2.45, 2.75) is 32.0 Å². The molecular formula is C6H11BF3O-. The van der Waals surface area contributed by atoms with Gasteiger partial charge in [-0.15, -0.1) is 0 Å². The van der Waals surface area contributed by atoms with Crippen molar-refractivity contribution in [3.63, 3.8) is 0 Å². The van der Waals surface area contributed by atoms with Gasteiger partial charge in [-0.3, -0.25) is 0 Å². The van der Waals surface area contributed by atoms with Crippen molar-refractivity contribution in [2.75, 3.05) is 0 Å². The highest BCUT2D eigenvalue weighted by molar-refractivity contribution is 6.58. The summed E-state index contributed by atoms with van der Waals surface area (Å²) in [4.78, 5) is 9.75. The van der Waals surface area contributed by atoms with Crippen LogP contribution in [-0.4, -0.2) is 13.3 Å². The van der Waals surface area contributed by atoms with Crippen molar-refractivity contribution in [1.82, 2.24) is 0 Å². The lowest BCUT2D eigenvalue weighted by Gasteiger charge is -2.11. The molecule has 0 amide bonds. The van der Waals surface area contributed by atoms with E-state index in [2.05, 4.69) is 0 Å². The van der Waals surface area contributed by atoms with Gasteiger partial charge in [-0.25, -0.2) is 0 Å². The Morgan fingerprint density at radius 3 is 2.18 bits per heavy atom. The van der Waals surface area contributed by atoms with E-state index in [4.69, 9.17) is 0 Å². The van der Waals surface area contributed by atoms with Crippen LogP contribution in [0.2, 0.25) is 6.32 Å². The lowest BCUT2D eigenvalue weighted by Crippen LogP contribution is -2.13. The lowest BCUT2D eigenvalue weighted by atomic mass is 9.83. The number of unbranched alkanes of at least 4 members (excludes halogenated alkanes) is 3. The molecule has 0 aliphatic rings. The third-order valence-electron chi connectivity index (χ3n) is 1.35. The number of carbonyl (C=O) groups is 1. The van der Waals surface area contributed by atoms with Crippen LogP contribution in [0.3, 0.4) is 0 Å². The molecule has 0 aliphatic heterocycles. The SMILES string of the molecule is O=CCCCCC[B-](F)(F)F. The van der Waals surface area contributed by atoms with Gasteiger partial charge in [-0.2, -0.15) is 0 Å². The van der Waals surface area contributed by atoms with E-state index in [-0.39, 0.29) is 6.42 Å². The molecule has 0 aromatic carbocycles. The first-order valence-electron chi connectivity index (χ1n) is 3.71. The third-order valence-corrected chi connectivity index (χ3v) is 1.35. The highest BCUT2D eigenvalue weighted by Gasteiger charge is 2.20. The first-order valence-corrected chi connectivity index (χ1v) is 3.71. The Bertz CT molecular complexity index is 113. The highest BCUT2D eigenvalue weighted by atomic mass is 19.4. The summed E-state index contributed by atoms with van der Waals surface area (Å²) in [7, 11) is 0. The Balaban J connectivity index is 3.08. The number of halogens is 3. The van der Waals surface area contributed by atoms with Crippen molar-refractivity contribution >= 4 is 13.3 Å². The Kier molecular flexibility index (Phi) is 4.99. The molecule has 66 valence electrons. The molecular weight excluding hydrogens is 156 g/mol. The molecule has 0 aromatic heterocycles. The first-order chi connectivity index (χ1) is 5.06. The van der Waals surface area contributed by atoms with Crippen LogP contribution in [0.25, 0.3) is 0 Å². The van der Waals surface area contributed by atoms with E-state index < -0.39 is 13.3 Å². The van der Waals surface area contributed by atoms with Gasteiger partial charge in [-0.05, 0) is 6.42 Å². The number of carbonyl (C=O) groups excluding carboxylic acids is 1. The average Bonchev–Trinajstić information content (AvgIpc) is 1.85. The molecule has 0 fully saturated rings. The third kappa shape index (κ3) is 9.52. The summed E-state index contributed by atoms with van der Waals surface area (Å²) in [5.41, 5.74) is 0. The fraction of sp³-hybridized carbons (Fsp3) is 0.833. The van der Waals surface area contributed by atoms with Crippen LogP contribution in [0.5, 0.6) is 0 Å². The minimum Gasteiger partial charge on any atom is -0.449 e. The van der Waals surface area contributed by atoms with Crippen molar-refractivity contribution in [3.05, 3.63) is 0 Å². The van der Waals surface area contributed by atoms with E-state index in [0.29, 0.717) is 19.3 Å². The number of hydrogen-bond acceptors (Lipinski definition) is 1. The Labute approximate surface area is 64.0 Å². The smallest absolute Gasteiger partial charge is 0.449 e. The van der Waals surface area contributed by atoms with Gasteiger partial charge in [0.1, 0.15) is 6.29 Å². The molecule has 0 unspecified atom stereocenters. The number of hydrogen-bond donors (Lipinski definition) is 0. The van der Waals surface area contributed by atoms with E-state index in [1.54, 1.807) is 0 Å². The van der Waals surface area contributed by atoms with Crippen LogP contribution in [0.15, 0.2) is 0 Å². The van der Waals surface area contributed by atoms with Crippen molar-refractivity contribution in [3.8, 4) is 0 Å². The van der Waals surface area contributed by atoms with E-state index in [1.807, 2.05) is 0 Å². The van der Waals surface area contributed by atoms with Crippen LogP contribution >= 0.6 is 0 Å². The maximum Gasteiger partial charge on any atom is 0.478 e. The molecule has 0 aromatic rings. The predicted molar refractivity (Wildman–Crippen MR) is 38.4 cm³/mol. The van der Waals surface area contributed by atoms with Crippen molar-refractivity contribution in [1.29, 1.82) is 0 Å². The average molecular weight is 167 g/mol. The molecule has 0 spiro atoms. The minimum atomic E-state index is -4.61. The van der Waals surface area contributed by atoms with Crippen LogP contribution in [0.1, 0.15) is 25.7 Å². The molecule has 0 saturated heterocycles. The molecule has 0 rings (SSSR count). The van der Waals surface area contributed by atoms with Gasteiger partial charge in [0.15, 0.2) is 0 Å². The van der Waals surface area contributed by atoms with Crippen LogP contribution in [-0.2, 0) is 4.79 Å². The van der Waals surface area contributed by atoms with Crippen molar-refractivity contribution < 1.29 is 17.7 Å². The van der Waals surface area contributed by atoms with E-state index in [9.17, 15) is 17.7 Å². The van der Waals surface area contributed by atoms with Gasteiger partial charge in [-0.1, -0.05) is 19.2 Å². The Morgan fingerprint density at radius 2 is 1.73 bits per heavy atom. The van der Waals surface area contributed by atoms with Gasteiger partial charge in [0.2, 0.25) is 0 Å². The van der Waals surface area contributed by atoms with Crippen LogP contribution in [0, 0.1) is 0 Å². The second-order valence-electron chi connectivity index (χ2n) is 2.52. The zero-order chi connectivity index (χ0) is 8.74. The molecule has 0 bridgehead atoms. The fourth-order valence-electron chi connectivity index (χ4n) is 0.780. The number of aldehydes is 1. The molecule has 0 heterocycles. The predicted octanol–water partition coefficient (Wildman–Crippen LogP) is 2.59. The van der Waals surface area contributed by atoms with Crippen molar-refractivity contribution in [2.24, 2.45) is 0 Å². The largest absolute Gasteiger partial charge is 0.478 e. The first kappa shape index (κ1) is 10.5. The molecule has 5 heteroatoms. The van der Waals surface area contributed by atoms with E-state index in [1.165, 1.54) is 0 Å². The maximum atomic E-state index is 11.6. The summed E-state index contributed by atoms with van der Waals surface area (Å²) < 4.78 is 34.7. The molecule has 11 heavy (non-hydrogen) atoms. The van der Waals surface area contributed by atoms with E-state index >= 15 is 0 Å². The van der Waals surface area contributed by atoms with Gasteiger partial charge in [0.25, 0.3) is 0 Å². The standard InChI is InChI=1S/C6H11BF3O/c8-7(9,10)5-3-1-2-4-6-11/h6H,1-5H2/q-1. The second kappa shape index (κ2) is 5.21. The van der Waals surface area contributed by atoms with Gasteiger partial charge in [0, 0.05) is 6.42 Å². The zero-order valence-electron chi connectivity index (χ0n) is 6.23. The Hall–Kier alpha value is -0.475. The summed E-state index contributed by atoms with van der Waals surface area (Å²) in [6.45, 7) is -4.61. The normalized spacial score (nSPS) is 11.5. The van der Waals surface area contributed by atoms with Gasteiger partial charge < -0.3 is 17.7 Å². The van der Waals surface area contributed by atoms with Crippen LogP contribution in [0.4, 0.5) is 12.9 Å². The topological polar surface area (TPSA) is 17.1 Å². The maximum absolute atomic E-state index is 11.6. The van der Waals surface area contributed by atoms with Gasteiger partial charge >= 0.3 is 6.98 Å². The number of rotatable bonds is 6. The van der Waals surface area contributed by atoms with Gasteiger partial charge in [0.05, 0.1) is 0 Å². The minimum absolute atomic E-state index is 0.164. The lowest BCUT2D eigenvalue weighted by molar-refractivity contribution is -0.107. The fourth-order valence-corrected chi connectivity index (χ4v) is 0.780. The molecule has 1 nitrogen and oxygen atoms in total. The molecule has 0 aliphatic carbocycles. The summed E-state index contributed by atoms with van der Waals surface area (Å²) >= 11 is 0. The van der Waals surface area contributed by atoms with E-state index in [0.717, 1.165) is 6.29 Å². The summed E-state index contributed by atoms with van der Waals surface area (Å²) in [5, 5.41) is 0. The van der Waals surface area contributed by atoms with Crippen LogP contribution < -0.4 is 0 Å². The summed E-state index contributed by atoms with van der Waals surface area (Å²) in [6.07, 6.45) is 1.69. The quantitative estimate of drug-likeness (QED) is 0.337. The second-order valence-corrected chi connectivity index (χ2v) is 2.52. The molecule has 0 atom stereocenters. The zero-order valence-corrected chi connectivity index (χ0v) is 6.23. The summed E-state index contributed by atoms with van der Waals surface area (Å²) in [6, 6.07) is 0. The highest BCUT2D eigenvalue weighted by Crippen LogP contribution is 2.18.